The Morgan fingerprint density at radius 3 is 2.16 bits per heavy atom. The molecule has 3 rings (SSSR count). The second-order valence-corrected chi connectivity index (χ2v) is 5.38. The highest BCUT2D eigenvalue weighted by Crippen LogP contribution is 2.36. The molecule has 2 bridgehead atoms. The molecule has 0 aromatic heterocycles. The molecule has 0 spiro atoms. The normalized spacial score (nSPS) is 29.6. The molecule has 2 atom stereocenters. The van der Waals surface area contributed by atoms with Crippen LogP contribution in [0.1, 0.15) is 36.0 Å². The summed E-state index contributed by atoms with van der Waals surface area (Å²) in [5.41, 5.74) is 0.0470. The van der Waals surface area contributed by atoms with Crippen molar-refractivity contribution >= 4 is 5.91 Å². The van der Waals surface area contributed by atoms with Gasteiger partial charge in [-0.25, -0.2) is 8.78 Å². The number of piperidine rings is 1. The van der Waals surface area contributed by atoms with Crippen molar-refractivity contribution < 1.29 is 18.7 Å². The molecule has 0 radical (unpaired) electrons. The van der Waals surface area contributed by atoms with Crippen molar-refractivity contribution in [3.8, 4) is 0 Å². The van der Waals surface area contributed by atoms with Gasteiger partial charge in [-0.15, -0.1) is 0 Å². The zero-order chi connectivity index (χ0) is 13.6. The minimum absolute atomic E-state index is 0.00687. The van der Waals surface area contributed by atoms with E-state index in [4.69, 9.17) is 0 Å². The van der Waals surface area contributed by atoms with Crippen LogP contribution in [0.4, 0.5) is 8.78 Å². The maximum Gasteiger partial charge on any atom is 0.254 e. The number of carbonyl (C=O) groups is 1. The van der Waals surface area contributed by atoms with E-state index in [2.05, 4.69) is 0 Å². The molecular formula is C14H15F2NO2. The lowest BCUT2D eigenvalue weighted by Crippen LogP contribution is -2.48. The zero-order valence-corrected chi connectivity index (χ0v) is 10.4. The maximum atomic E-state index is 13.2. The first-order valence-corrected chi connectivity index (χ1v) is 6.51. The van der Waals surface area contributed by atoms with E-state index >= 15 is 0 Å². The number of aliphatic hydroxyl groups excluding tert-OH is 1. The third-order valence-corrected chi connectivity index (χ3v) is 4.05. The van der Waals surface area contributed by atoms with Crippen molar-refractivity contribution in [2.24, 2.45) is 0 Å². The number of fused-ring (bicyclic) bond motifs is 2. The molecule has 2 fully saturated rings. The summed E-state index contributed by atoms with van der Waals surface area (Å²) in [6, 6.07) is 2.87. The Hall–Kier alpha value is -1.49. The SMILES string of the molecule is O=C(c1cc(F)cc(F)c1)N1C2CCC1CC(O)C2. The van der Waals surface area contributed by atoms with Gasteiger partial charge in [0.15, 0.2) is 0 Å². The van der Waals surface area contributed by atoms with Crippen LogP contribution in [0.2, 0.25) is 0 Å². The molecule has 2 saturated heterocycles. The van der Waals surface area contributed by atoms with Crippen LogP contribution in [0.5, 0.6) is 0 Å². The summed E-state index contributed by atoms with van der Waals surface area (Å²) in [4.78, 5) is 14.1. The van der Waals surface area contributed by atoms with Crippen LogP contribution in [-0.4, -0.2) is 34.1 Å². The fourth-order valence-corrected chi connectivity index (χ4v) is 3.31. The minimum Gasteiger partial charge on any atom is -0.393 e. The zero-order valence-electron chi connectivity index (χ0n) is 10.4. The molecule has 2 unspecified atom stereocenters. The second kappa shape index (κ2) is 4.56. The van der Waals surface area contributed by atoms with Gasteiger partial charge in [0, 0.05) is 23.7 Å². The van der Waals surface area contributed by atoms with Gasteiger partial charge in [0.1, 0.15) is 11.6 Å². The standard InChI is InChI=1S/C14H15F2NO2/c15-9-3-8(4-10(16)5-9)14(19)17-11-1-2-12(17)7-13(18)6-11/h3-5,11-13,18H,1-2,6-7H2. The van der Waals surface area contributed by atoms with Gasteiger partial charge in [-0.3, -0.25) is 4.79 Å². The number of hydrogen-bond donors (Lipinski definition) is 1. The quantitative estimate of drug-likeness (QED) is 0.846. The average molecular weight is 267 g/mol. The van der Waals surface area contributed by atoms with E-state index in [1.807, 2.05) is 0 Å². The molecule has 5 heteroatoms. The summed E-state index contributed by atoms with van der Waals surface area (Å²) in [6.07, 6.45) is 2.45. The molecule has 0 saturated carbocycles. The van der Waals surface area contributed by atoms with Gasteiger partial charge in [-0.2, -0.15) is 0 Å². The van der Waals surface area contributed by atoms with E-state index in [0.29, 0.717) is 12.8 Å². The van der Waals surface area contributed by atoms with Gasteiger partial charge in [-0.1, -0.05) is 0 Å². The Labute approximate surface area is 109 Å². The molecule has 2 heterocycles. The molecule has 0 aliphatic carbocycles. The third kappa shape index (κ3) is 2.23. The van der Waals surface area contributed by atoms with E-state index in [0.717, 1.165) is 31.0 Å². The Kier molecular flexibility index (Phi) is 3.01. The van der Waals surface area contributed by atoms with Crippen molar-refractivity contribution in [1.29, 1.82) is 0 Å². The van der Waals surface area contributed by atoms with E-state index in [-0.39, 0.29) is 29.7 Å². The Morgan fingerprint density at radius 1 is 1.11 bits per heavy atom. The Morgan fingerprint density at radius 2 is 1.63 bits per heavy atom. The Balaban J connectivity index is 1.88. The van der Waals surface area contributed by atoms with Crippen molar-refractivity contribution in [1.82, 2.24) is 4.90 Å². The van der Waals surface area contributed by atoms with E-state index in [1.54, 1.807) is 4.90 Å². The van der Waals surface area contributed by atoms with Crippen LogP contribution in [-0.2, 0) is 0 Å². The van der Waals surface area contributed by atoms with E-state index in [1.165, 1.54) is 0 Å². The summed E-state index contributed by atoms with van der Waals surface area (Å²) < 4.78 is 26.4. The highest BCUT2D eigenvalue weighted by Gasteiger charge is 2.43. The molecule has 2 aliphatic heterocycles. The van der Waals surface area contributed by atoms with Gasteiger partial charge < -0.3 is 10.0 Å². The van der Waals surface area contributed by atoms with E-state index < -0.39 is 11.6 Å². The minimum atomic E-state index is -0.743. The van der Waals surface area contributed by atoms with Crippen molar-refractivity contribution in [3.05, 3.63) is 35.4 Å². The van der Waals surface area contributed by atoms with Gasteiger partial charge >= 0.3 is 0 Å². The summed E-state index contributed by atoms with van der Waals surface area (Å²) in [6.45, 7) is 0. The van der Waals surface area contributed by atoms with Gasteiger partial charge in [-0.05, 0) is 37.8 Å². The second-order valence-electron chi connectivity index (χ2n) is 5.38. The molecule has 3 nitrogen and oxygen atoms in total. The number of hydrogen-bond acceptors (Lipinski definition) is 2. The molecule has 19 heavy (non-hydrogen) atoms. The molecule has 102 valence electrons. The maximum absolute atomic E-state index is 13.2. The molecular weight excluding hydrogens is 252 g/mol. The smallest absolute Gasteiger partial charge is 0.254 e. The number of nitrogens with zero attached hydrogens (tertiary/aromatic N) is 1. The summed E-state index contributed by atoms with van der Waals surface area (Å²) in [5, 5.41) is 9.69. The van der Waals surface area contributed by atoms with Crippen LogP contribution < -0.4 is 0 Å². The highest BCUT2D eigenvalue weighted by atomic mass is 19.1. The lowest BCUT2D eigenvalue weighted by atomic mass is 9.98. The molecule has 1 aromatic carbocycles. The van der Waals surface area contributed by atoms with Gasteiger partial charge in [0.05, 0.1) is 6.10 Å². The van der Waals surface area contributed by atoms with Crippen molar-refractivity contribution in [2.45, 2.75) is 43.9 Å². The third-order valence-electron chi connectivity index (χ3n) is 4.05. The summed E-state index contributed by atoms with van der Waals surface area (Å²) in [7, 11) is 0. The number of benzene rings is 1. The van der Waals surface area contributed by atoms with Crippen LogP contribution in [0.15, 0.2) is 18.2 Å². The first-order chi connectivity index (χ1) is 9.04. The van der Waals surface area contributed by atoms with Crippen molar-refractivity contribution in [2.75, 3.05) is 0 Å². The number of halogens is 2. The topological polar surface area (TPSA) is 40.5 Å². The summed E-state index contributed by atoms with van der Waals surface area (Å²) >= 11 is 0. The van der Waals surface area contributed by atoms with Crippen LogP contribution in [0, 0.1) is 11.6 Å². The predicted octanol–water partition coefficient (Wildman–Crippen LogP) is 2.09. The Bertz CT molecular complexity index is 486. The molecule has 2 aliphatic rings. The van der Waals surface area contributed by atoms with Gasteiger partial charge in [0.2, 0.25) is 0 Å². The van der Waals surface area contributed by atoms with Gasteiger partial charge in [0.25, 0.3) is 5.91 Å². The van der Waals surface area contributed by atoms with Crippen LogP contribution in [0.25, 0.3) is 0 Å². The highest BCUT2D eigenvalue weighted by molar-refractivity contribution is 5.95. The monoisotopic (exact) mass is 267 g/mol. The van der Waals surface area contributed by atoms with Crippen molar-refractivity contribution in [3.63, 3.8) is 0 Å². The fraction of sp³-hybridized carbons (Fsp3) is 0.500. The summed E-state index contributed by atoms with van der Waals surface area (Å²) in [5.74, 6) is -1.82. The molecule has 1 aromatic rings. The number of rotatable bonds is 1. The largest absolute Gasteiger partial charge is 0.393 e. The van der Waals surface area contributed by atoms with Crippen LogP contribution >= 0.6 is 0 Å². The molecule has 1 amide bonds. The first-order valence-electron chi connectivity index (χ1n) is 6.51. The number of aliphatic hydroxyl groups is 1. The lowest BCUT2D eigenvalue weighted by molar-refractivity contribution is 0.0286. The lowest BCUT2D eigenvalue weighted by Gasteiger charge is -2.37. The van der Waals surface area contributed by atoms with E-state index in [9.17, 15) is 18.7 Å². The number of carbonyl (C=O) groups excluding carboxylic acids is 1. The first kappa shape index (κ1) is 12.5. The van der Waals surface area contributed by atoms with Crippen LogP contribution in [0.3, 0.4) is 0 Å². The predicted molar refractivity (Wildman–Crippen MR) is 64.6 cm³/mol. The number of amides is 1. The average Bonchev–Trinajstić information content (AvgIpc) is 2.59. The molecule has 1 N–H and O–H groups in total. The fourth-order valence-electron chi connectivity index (χ4n) is 3.31.